The molecule has 1 amide bonds. The van der Waals surface area contributed by atoms with Crippen LogP contribution in [-0.4, -0.2) is 32.9 Å². The third-order valence-corrected chi connectivity index (χ3v) is 4.34. The Morgan fingerprint density at radius 3 is 2.57 bits per heavy atom. The molecule has 5 nitrogen and oxygen atoms in total. The lowest BCUT2D eigenvalue weighted by atomic mass is 9.94. The van der Waals surface area contributed by atoms with E-state index in [9.17, 15) is 9.90 Å². The van der Waals surface area contributed by atoms with Gasteiger partial charge >= 0.3 is 0 Å². The molecule has 0 aromatic carbocycles. The quantitative estimate of drug-likeness (QED) is 0.818. The van der Waals surface area contributed by atoms with Crippen LogP contribution < -0.4 is 5.32 Å². The maximum Gasteiger partial charge on any atom is 0.269 e. The average Bonchev–Trinajstić information content (AvgIpc) is 2.80. The molecule has 2 rings (SSSR count). The van der Waals surface area contributed by atoms with Gasteiger partial charge in [-0.25, -0.2) is 0 Å². The maximum absolute atomic E-state index is 12.3. The summed E-state index contributed by atoms with van der Waals surface area (Å²) in [6, 6.07) is 1.84. The minimum atomic E-state index is -0.739. The van der Waals surface area contributed by atoms with E-state index in [-0.39, 0.29) is 5.91 Å². The lowest BCUT2D eigenvalue weighted by Crippen LogP contribution is -2.43. The topological polar surface area (TPSA) is 67.2 Å². The van der Waals surface area contributed by atoms with Crippen molar-refractivity contribution in [2.75, 3.05) is 6.54 Å². The Morgan fingerprint density at radius 1 is 1.33 bits per heavy atom. The van der Waals surface area contributed by atoms with Crippen molar-refractivity contribution in [3.63, 3.8) is 0 Å². The van der Waals surface area contributed by atoms with Crippen molar-refractivity contribution >= 4 is 5.91 Å². The molecule has 0 aliphatic heterocycles. The van der Waals surface area contributed by atoms with E-state index in [4.69, 9.17) is 0 Å². The fourth-order valence-corrected chi connectivity index (χ4v) is 2.97. The summed E-state index contributed by atoms with van der Waals surface area (Å²) in [7, 11) is 0. The van der Waals surface area contributed by atoms with Crippen LogP contribution in [0.15, 0.2) is 6.07 Å². The van der Waals surface area contributed by atoms with Crippen LogP contribution in [0.4, 0.5) is 0 Å². The van der Waals surface area contributed by atoms with Crippen LogP contribution in [0.3, 0.4) is 0 Å². The molecular formula is C16H27N3O2. The number of aliphatic hydroxyl groups is 1. The first-order valence-corrected chi connectivity index (χ1v) is 8.15. The Balaban J connectivity index is 1.99. The van der Waals surface area contributed by atoms with Crippen LogP contribution in [0.25, 0.3) is 0 Å². The minimum Gasteiger partial charge on any atom is -0.388 e. The fourth-order valence-electron chi connectivity index (χ4n) is 2.97. The highest BCUT2D eigenvalue weighted by Crippen LogP contribution is 2.26. The van der Waals surface area contributed by atoms with Gasteiger partial charge in [-0.05, 0) is 32.3 Å². The van der Waals surface area contributed by atoms with Gasteiger partial charge in [0.15, 0.2) is 0 Å². The van der Waals surface area contributed by atoms with Crippen LogP contribution in [0.1, 0.15) is 68.6 Å². The summed E-state index contributed by atoms with van der Waals surface area (Å²) in [5, 5.41) is 17.9. The van der Waals surface area contributed by atoms with Gasteiger partial charge < -0.3 is 10.4 Å². The highest BCUT2D eigenvalue weighted by atomic mass is 16.3. The summed E-state index contributed by atoms with van der Waals surface area (Å²) < 4.78 is 1.73. The van der Waals surface area contributed by atoms with Gasteiger partial charge in [0.05, 0.1) is 11.3 Å². The Kier molecular flexibility index (Phi) is 5.39. The number of nitrogens with zero attached hydrogens (tertiary/aromatic N) is 2. The Morgan fingerprint density at radius 2 is 2.00 bits per heavy atom. The number of hydrogen-bond acceptors (Lipinski definition) is 3. The molecule has 21 heavy (non-hydrogen) atoms. The maximum atomic E-state index is 12.3. The second kappa shape index (κ2) is 7.07. The second-order valence-corrected chi connectivity index (χ2v) is 6.01. The monoisotopic (exact) mass is 293 g/mol. The molecule has 0 saturated heterocycles. The molecule has 1 aliphatic carbocycles. The second-order valence-electron chi connectivity index (χ2n) is 6.01. The SMILES string of the molecule is CCc1cc(C(=O)NCC2(O)CCCCCC2)n(CC)n1. The zero-order valence-electron chi connectivity index (χ0n) is 13.2. The largest absolute Gasteiger partial charge is 0.388 e. The third-order valence-electron chi connectivity index (χ3n) is 4.34. The van der Waals surface area contributed by atoms with E-state index in [1.54, 1.807) is 4.68 Å². The number of nitrogens with one attached hydrogen (secondary N) is 1. The predicted molar refractivity (Wildman–Crippen MR) is 82.3 cm³/mol. The van der Waals surface area contributed by atoms with Gasteiger partial charge in [0.1, 0.15) is 5.69 Å². The van der Waals surface area contributed by atoms with Crippen LogP contribution in [0, 0.1) is 0 Å². The van der Waals surface area contributed by atoms with Gasteiger partial charge in [-0.15, -0.1) is 0 Å². The molecule has 0 radical (unpaired) electrons. The molecule has 0 atom stereocenters. The molecule has 1 saturated carbocycles. The smallest absolute Gasteiger partial charge is 0.269 e. The Labute approximate surface area is 126 Å². The zero-order chi connectivity index (χ0) is 15.3. The number of aryl methyl sites for hydroxylation is 2. The highest BCUT2D eigenvalue weighted by molar-refractivity contribution is 5.92. The number of carbonyl (C=O) groups excluding carboxylic acids is 1. The van der Waals surface area contributed by atoms with Crippen molar-refractivity contribution in [1.29, 1.82) is 0 Å². The van der Waals surface area contributed by atoms with Gasteiger partial charge in [0, 0.05) is 13.1 Å². The van der Waals surface area contributed by atoms with Gasteiger partial charge in [-0.1, -0.05) is 32.6 Å². The molecule has 0 unspecified atom stereocenters. The standard InChI is InChI=1S/C16H27N3O2/c1-3-13-11-14(19(4-2)18-13)15(20)17-12-16(21)9-7-5-6-8-10-16/h11,21H,3-10,12H2,1-2H3,(H,17,20). The van der Waals surface area contributed by atoms with Crippen molar-refractivity contribution in [2.24, 2.45) is 0 Å². The van der Waals surface area contributed by atoms with Gasteiger partial charge in [0.25, 0.3) is 5.91 Å². The van der Waals surface area contributed by atoms with Crippen molar-refractivity contribution < 1.29 is 9.90 Å². The first-order valence-electron chi connectivity index (χ1n) is 8.15. The van der Waals surface area contributed by atoms with Crippen LogP contribution >= 0.6 is 0 Å². The summed E-state index contributed by atoms with van der Waals surface area (Å²) >= 11 is 0. The van der Waals surface area contributed by atoms with Crippen molar-refractivity contribution in [3.05, 3.63) is 17.5 Å². The lowest BCUT2D eigenvalue weighted by Gasteiger charge is -2.26. The average molecular weight is 293 g/mol. The number of rotatable bonds is 5. The van der Waals surface area contributed by atoms with E-state index in [1.165, 1.54) is 12.8 Å². The number of carbonyl (C=O) groups is 1. The molecule has 5 heteroatoms. The third kappa shape index (κ3) is 4.06. The minimum absolute atomic E-state index is 0.137. The molecule has 1 aromatic heterocycles. The van der Waals surface area contributed by atoms with Crippen LogP contribution in [0.5, 0.6) is 0 Å². The molecule has 1 aliphatic rings. The van der Waals surface area contributed by atoms with Gasteiger partial charge in [-0.2, -0.15) is 5.10 Å². The van der Waals surface area contributed by atoms with E-state index in [2.05, 4.69) is 10.4 Å². The Hall–Kier alpha value is -1.36. The van der Waals surface area contributed by atoms with E-state index in [1.807, 2.05) is 19.9 Å². The predicted octanol–water partition coefficient (Wildman–Crippen LogP) is 2.28. The van der Waals surface area contributed by atoms with Gasteiger partial charge in [-0.3, -0.25) is 9.48 Å². The zero-order valence-corrected chi connectivity index (χ0v) is 13.2. The van der Waals surface area contributed by atoms with E-state index in [0.29, 0.717) is 18.8 Å². The Bertz CT molecular complexity index is 474. The molecule has 0 bridgehead atoms. The molecular weight excluding hydrogens is 266 g/mol. The molecule has 2 N–H and O–H groups in total. The fraction of sp³-hybridized carbons (Fsp3) is 0.750. The number of hydrogen-bond donors (Lipinski definition) is 2. The highest BCUT2D eigenvalue weighted by Gasteiger charge is 2.29. The van der Waals surface area contributed by atoms with Crippen molar-refractivity contribution in [2.45, 2.75) is 70.9 Å². The number of aromatic nitrogens is 2. The first-order chi connectivity index (χ1) is 10.1. The number of amides is 1. The van der Waals surface area contributed by atoms with E-state index < -0.39 is 5.60 Å². The summed E-state index contributed by atoms with van der Waals surface area (Å²) in [6.45, 7) is 5.01. The summed E-state index contributed by atoms with van der Waals surface area (Å²) in [4.78, 5) is 12.3. The van der Waals surface area contributed by atoms with Crippen molar-refractivity contribution in [1.82, 2.24) is 15.1 Å². The normalized spacial score (nSPS) is 18.2. The summed E-state index contributed by atoms with van der Waals surface area (Å²) in [6.07, 6.45) is 6.81. The first kappa shape index (κ1) is 16.0. The molecule has 118 valence electrons. The van der Waals surface area contributed by atoms with Crippen LogP contribution in [0.2, 0.25) is 0 Å². The molecule has 0 spiro atoms. The lowest BCUT2D eigenvalue weighted by molar-refractivity contribution is 0.0245. The molecule has 1 aromatic rings. The molecule has 1 fully saturated rings. The van der Waals surface area contributed by atoms with Gasteiger partial charge in [0.2, 0.25) is 0 Å². The van der Waals surface area contributed by atoms with Crippen molar-refractivity contribution in [3.8, 4) is 0 Å². The molecule has 1 heterocycles. The van der Waals surface area contributed by atoms with Crippen LogP contribution in [-0.2, 0) is 13.0 Å². The van der Waals surface area contributed by atoms with E-state index >= 15 is 0 Å². The van der Waals surface area contributed by atoms with E-state index in [0.717, 1.165) is 37.8 Å². The summed E-state index contributed by atoms with van der Waals surface area (Å²) in [5.74, 6) is -0.137. The summed E-state index contributed by atoms with van der Waals surface area (Å²) in [5.41, 5.74) is 0.776.